The average Bonchev–Trinajstić information content (AvgIpc) is 2.70. The monoisotopic (exact) mass is 297 g/mol. The van der Waals surface area contributed by atoms with Crippen molar-refractivity contribution < 1.29 is 4.39 Å². The zero-order valence-corrected chi connectivity index (χ0v) is 11.6. The Kier molecular flexibility index (Phi) is 4.08. The van der Waals surface area contributed by atoms with Crippen LogP contribution in [0.1, 0.15) is 24.6 Å². The van der Waals surface area contributed by atoms with Crippen LogP contribution in [0.3, 0.4) is 0 Å². The number of halogens is 3. The lowest BCUT2D eigenvalue weighted by atomic mass is 10.2. The van der Waals surface area contributed by atoms with E-state index in [0.29, 0.717) is 23.4 Å². The summed E-state index contributed by atoms with van der Waals surface area (Å²) in [7, 11) is 0. The Morgan fingerprint density at radius 1 is 1.42 bits per heavy atom. The summed E-state index contributed by atoms with van der Waals surface area (Å²) < 4.78 is 14.8. The molecule has 1 heterocycles. The summed E-state index contributed by atoms with van der Waals surface area (Å²) in [5, 5.41) is 13.6. The lowest BCUT2D eigenvalue weighted by Crippen LogP contribution is -1.98. The van der Waals surface area contributed by atoms with Crippen molar-refractivity contribution >= 4 is 23.2 Å². The second kappa shape index (κ2) is 5.60. The van der Waals surface area contributed by atoms with Gasteiger partial charge in [0.25, 0.3) is 0 Å². The van der Waals surface area contributed by atoms with Gasteiger partial charge in [-0.1, -0.05) is 36.5 Å². The molecule has 98 valence electrons. The van der Waals surface area contributed by atoms with Crippen LogP contribution in [0, 0.1) is 17.1 Å². The second-order valence-electron chi connectivity index (χ2n) is 3.98. The molecular weight excluding hydrogens is 288 g/mol. The summed E-state index contributed by atoms with van der Waals surface area (Å²) in [6.07, 6.45) is 1.49. The smallest absolute Gasteiger partial charge is 0.150 e. The molecule has 0 fully saturated rings. The van der Waals surface area contributed by atoms with E-state index in [1.807, 2.05) is 13.0 Å². The lowest BCUT2D eigenvalue weighted by molar-refractivity contribution is 0.625. The highest BCUT2D eigenvalue weighted by Crippen LogP contribution is 2.26. The molecule has 0 atom stereocenters. The number of aryl methyl sites for hydroxylation is 1. The first-order valence-electron chi connectivity index (χ1n) is 5.71. The molecule has 0 aliphatic rings. The van der Waals surface area contributed by atoms with Gasteiger partial charge in [0.15, 0.2) is 5.15 Å². The second-order valence-corrected chi connectivity index (χ2v) is 4.75. The first-order chi connectivity index (χ1) is 9.08. The molecule has 0 aliphatic heterocycles. The van der Waals surface area contributed by atoms with Crippen LogP contribution in [0.5, 0.6) is 0 Å². The van der Waals surface area contributed by atoms with Gasteiger partial charge in [-0.25, -0.2) is 9.07 Å². The molecule has 1 aromatic heterocycles. The normalized spacial score (nSPS) is 10.5. The van der Waals surface area contributed by atoms with Crippen molar-refractivity contribution in [2.75, 3.05) is 0 Å². The van der Waals surface area contributed by atoms with Crippen molar-refractivity contribution in [2.45, 2.75) is 19.8 Å². The van der Waals surface area contributed by atoms with Gasteiger partial charge in [0.2, 0.25) is 0 Å². The van der Waals surface area contributed by atoms with Crippen LogP contribution in [0.15, 0.2) is 18.2 Å². The van der Waals surface area contributed by atoms with Gasteiger partial charge in [0.1, 0.15) is 17.4 Å². The number of benzene rings is 1. The number of hydrogen-bond donors (Lipinski definition) is 0. The Morgan fingerprint density at radius 2 is 2.16 bits per heavy atom. The Hall–Kier alpha value is -1.57. The van der Waals surface area contributed by atoms with Gasteiger partial charge >= 0.3 is 0 Å². The first-order valence-corrected chi connectivity index (χ1v) is 6.47. The molecule has 0 N–H and O–H groups in total. The van der Waals surface area contributed by atoms with E-state index in [1.54, 1.807) is 6.07 Å². The van der Waals surface area contributed by atoms with Crippen molar-refractivity contribution in [3.8, 4) is 11.8 Å². The third kappa shape index (κ3) is 2.58. The summed E-state index contributed by atoms with van der Waals surface area (Å²) in [4.78, 5) is 0. The predicted octanol–water partition coefficient (Wildman–Crippen LogP) is 4.14. The first kappa shape index (κ1) is 13.9. The molecule has 2 rings (SSSR count). The summed E-state index contributed by atoms with van der Waals surface area (Å²) >= 11 is 11.7. The van der Waals surface area contributed by atoms with E-state index in [1.165, 1.54) is 16.8 Å². The number of nitriles is 1. The molecule has 2 aromatic rings. The maximum Gasteiger partial charge on any atom is 0.150 e. The molecule has 3 nitrogen and oxygen atoms in total. The Morgan fingerprint density at radius 3 is 2.74 bits per heavy atom. The Bertz CT molecular complexity index is 659. The van der Waals surface area contributed by atoms with E-state index < -0.39 is 5.82 Å². The number of aromatic nitrogens is 2. The molecule has 6 heteroatoms. The van der Waals surface area contributed by atoms with E-state index in [-0.39, 0.29) is 10.2 Å². The van der Waals surface area contributed by atoms with Crippen LogP contribution in [-0.4, -0.2) is 9.78 Å². The molecule has 1 aromatic carbocycles. The minimum atomic E-state index is -0.554. The van der Waals surface area contributed by atoms with E-state index in [2.05, 4.69) is 5.10 Å². The number of hydrogen-bond acceptors (Lipinski definition) is 2. The van der Waals surface area contributed by atoms with Crippen molar-refractivity contribution in [3.63, 3.8) is 0 Å². The molecule has 0 radical (unpaired) electrons. The average molecular weight is 298 g/mol. The Labute approximate surface area is 120 Å². The van der Waals surface area contributed by atoms with Crippen LogP contribution in [-0.2, 0) is 6.42 Å². The molecule has 0 spiro atoms. The van der Waals surface area contributed by atoms with Crippen molar-refractivity contribution in [2.24, 2.45) is 0 Å². The minimum absolute atomic E-state index is 0.0290. The highest BCUT2D eigenvalue weighted by molar-refractivity contribution is 6.31. The maximum atomic E-state index is 13.5. The van der Waals surface area contributed by atoms with Crippen molar-refractivity contribution in [1.29, 1.82) is 5.26 Å². The van der Waals surface area contributed by atoms with Gasteiger partial charge in [-0.3, -0.25) is 0 Å². The molecule has 0 bridgehead atoms. The van der Waals surface area contributed by atoms with Crippen LogP contribution in [0.25, 0.3) is 5.69 Å². The molecule has 0 aliphatic carbocycles. The van der Waals surface area contributed by atoms with Gasteiger partial charge in [0.05, 0.1) is 16.4 Å². The Balaban J connectivity index is 2.56. The molecule has 0 saturated heterocycles. The van der Waals surface area contributed by atoms with Crippen molar-refractivity contribution in [1.82, 2.24) is 9.78 Å². The minimum Gasteiger partial charge on any atom is -0.220 e. The van der Waals surface area contributed by atoms with Crippen molar-refractivity contribution in [3.05, 3.63) is 45.4 Å². The SMILES string of the molecule is CCCc1nn(-c2ccc(Cl)c(F)c2)c(Cl)c1C#N. The van der Waals surface area contributed by atoms with E-state index in [9.17, 15) is 4.39 Å². The summed E-state index contributed by atoms with van der Waals surface area (Å²) in [6.45, 7) is 1.98. The van der Waals surface area contributed by atoms with Gasteiger partial charge in [0, 0.05) is 6.07 Å². The quantitative estimate of drug-likeness (QED) is 0.854. The molecule has 0 saturated carbocycles. The fraction of sp³-hybridized carbons (Fsp3) is 0.231. The topological polar surface area (TPSA) is 41.6 Å². The fourth-order valence-electron chi connectivity index (χ4n) is 1.75. The molecule has 19 heavy (non-hydrogen) atoms. The van der Waals surface area contributed by atoms with E-state index in [0.717, 1.165) is 6.42 Å². The highest BCUT2D eigenvalue weighted by atomic mass is 35.5. The van der Waals surface area contributed by atoms with E-state index in [4.69, 9.17) is 28.5 Å². The summed E-state index contributed by atoms with van der Waals surface area (Å²) in [6, 6.07) is 6.29. The maximum absolute atomic E-state index is 13.5. The lowest BCUT2D eigenvalue weighted by Gasteiger charge is -2.03. The standard InChI is InChI=1S/C13H10Cl2FN3/c1-2-3-12-9(7-17)13(15)19(18-12)8-4-5-10(14)11(16)6-8/h4-6H,2-3H2,1H3. The van der Waals surface area contributed by atoms with E-state index >= 15 is 0 Å². The van der Waals surface area contributed by atoms with Crippen LogP contribution < -0.4 is 0 Å². The molecule has 0 amide bonds. The largest absolute Gasteiger partial charge is 0.220 e. The van der Waals surface area contributed by atoms with Crippen LogP contribution in [0.2, 0.25) is 10.2 Å². The molecule has 0 unspecified atom stereocenters. The van der Waals surface area contributed by atoms with Gasteiger partial charge in [-0.15, -0.1) is 0 Å². The molecular formula is C13H10Cl2FN3. The number of nitrogens with zero attached hydrogens (tertiary/aromatic N) is 3. The van der Waals surface area contributed by atoms with Crippen LogP contribution >= 0.6 is 23.2 Å². The zero-order chi connectivity index (χ0) is 14.0. The van der Waals surface area contributed by atoms with Gasteiger partial charge < -0.3 is 0 Å². The van der Waals surface area contributed by atoms with Gasteiger partial charge in [-0.2, -0.15) is 10.4 Å². The highest BCUT2D eigenvalue weighted by Gasteiger charge is 2.17. The van der Waals surface area contributed by atoms with Gasteiger partial charge in [-0.05, 0) is 18.6 Å². The van der Waals surface area contributed by atoms with Crippen LogP contribution in [0.4, 0.5) is 4.39 Å². The summed E-state index contributed by atoms with van der Waals surface area (Å²) in [5.74, 6) is -0.554. The predicted molar refractivity (Wildman–Crippen MR) is 72.3 cm³/mol. The number of rotatable bonds is 3. The third-order valence-corrected chi connectivity index (χ3v) is 3.30. The third-order valence-electron chi connectivity index (χ3n) is 2.65. The summed E-state index contributed by atoms with van der Waals surface area (Å²) in [5.41, 5.74) is 1.38. The zero-order valence-electron chi connectivity index (χ0n) is 10.1. The fourth-order valence-corrected chi connectivity index (χ4v) is 2.15.